The summed E-state index contributed by atoms with van der Waals surface area (Å²) < 4.78 is 13.3. The first-order valence-corrected chi connectivity index (χ1v) is 7.54. The molecule has 1 saturated heterocycles. The predicted octanol–water partition coefficient (Wildman–Crippen LogP) is 1.53. The van der Waals surface area contributed by atoms with Crippen molar-refractivity contribution in [2.24, 2.45) is 5.92 Å². The number of halogens is 1. The fourth-order valence-corrected chi connectivity index (χ4v) is 2.49. The molecular weight excluding hydrogens is 285 g/mol. The fraction of sp³-hybridized carbons (Fsp3) is 0.500. The zero-order valence-electron chi connectivity index (χ0n) is 12.9. The summed E-state index contributed by atoms with van der Waals surface area (Å²) in [5, 5.41) is 5.62. The lowest BCUT2D eigenvalue weighted by atomic mass is 10.0. The van der Waals surface area contributed by atoms with Gasteiger partial charge in [0.15, 0.2) is 0 Å². The SMILES string of the molecule is CC(C)C(=O)NC[C@@H](Cc1cccc(F)c1)N1CCNC1=O. The molecule has 3 amide bonds. The first-order valence-electron chi connectivity index (χ1n) is 7.54. The predicted molar refractivity (Wildman–Crippen MR) is 81.8 cm³/mol. The van der Waals surface area contributed by atoms with Gasteiger partial charge in [-0.15, -0.1) is 0 Å². The third-order valence-electron chi connectivity index (χ3n) is 3.73. The molecule has 1 aliphatic heterocycles. The summed E-state index contributed by atoms with van der Waals surface area (Å²) in [6.45, 7) is 5.19. The largest absolute Gasteiger partial charge is 0.354 e. The minimum atomic E-state index is -0.298. The Morgan fingerprint density at radius 3 is 2.82 bits per heavy atom. The van der Waals surface area contributed by atoms with E-state index in [1.165, 1.54) is 12.1 Å². The topological polar surface area (TPSA) is 61.4 Å². The Kier molecular flexibility index (Phi) is 5.35. The zero-order chi connectivity index (χ0) is 16.1. The normalized spacial score (nSPS) is 15.8. The molecule has 0 aliphatic carbocycles. The number of nitrogens with one attached hydrogen (secondary N) is 2. The van der Waals surface area contributed by atoms with Gasteiger partial charge in [-0.2, -0.15) is 0 Å². The van der Waals surface area contributed by atoms with Gasteiger partial charge in [0.2, 0.25) is 5.91 Å². The van der Waals surface area contributed by atoms with E-state index in [1.807, 2.05) is 19.9 Å². The molecule has 0 radical (unpaired) electrons. The number of carbonyl (C=O) groups excluding carboxylic acids is 2. The van der Waals surface area contributed by atoms with Gasteiger partial charge in [-0.1, -0.05) is 26.0 Å². The third kappa shape index (κ3) is 4.19. The average molecular weight is 307 g/mol. The maximum atomic E-state index is 13.3. The van der Waals surface area contributed by atoms with Gasteiger partial charge in [-0.25, -0.2) is 9.18 Å². The molecule has 5 nitrogen and oxygen atoms in total. The molecule has 0 bridgehead atoms. The van der Waals surface area contributed by atoms with Gasteiger partial charge in [-0.05, 0) is 24.1 Å². The van der Waals surface area contributed by atoms with Gasteiger partial charge >= 0.3 is 6.03 Å². The second kappa shape index (κ2) is 7.24. The maximum Gasteiger partial charge on any atom is 0.317 e. The van der Waals surface area contributed by atoms with Gasteiger partial charge in [0.05, 0.1) is 6.04 Å². The van der Waals surface area contributed by atoms with Crippen molar-refractivity contribution in [1.29, 1.82) is 0 Å². The molecule has 22 heavy (non-hydrogen) atoms. The second-order valence-electron chi connectivity index (χ2n) is 5.81. The van der Waals surface area contributed by atoms with Crippen molar-refractivity contribution < 1.29 is 14.0 Å². The number of carbonyl (C=O) groups is 2. The van der Waals surface area contributed by atoms with E-state index in [9.17, 15) is 14.0 Å². The Morgan fingerprint density at radius 2 is 2.23 bits per heavy atom. The highest BCUT2D eigenvalue weighted by Crippen LogP contribution is 2.13. The molecule has 2 rings (SSSR count). The van der Waals surface area contributed by atoms with Crippen molar-refractivity contribution in [1.82, 2.24) is 15.5 Å². The quantitative estimate of drug-likeness (QED) is 0.837. The van der Waals surface area contributed by atoms with Crippen LogP contribution >= 0.6 is 0 Å². The number of hydrogen-bond acceptors (Lipinski definition) is 2. The van der Waals surface area contributed by atoms with Crippen LogP contribution in [-0.4, -0.2) is 42.5 Å². The Labute approximate surface area is 129 Å². The summed E-state index contributed by atoms with van der Waals surface area (Å²) in [6.07, 6.45) is 0.504. The first-order chi connectivity index (χ1) is 10.5. The molecule has 1 aromatic carbocycles. The number of hydrogen-bond donors (Lipinski definition) is 2. The van der Waals surface area contributed by atoms with Gasteiger partial charge < -0.3 is 15.5 Å². The molecule has 0 saturated carbocycles. The van der Waals surface area contributed by atoms with Crippen LogP contribution in [0.15, 0.2) is 24.3 Å². The van der Waals surface area contributed by atoms with E-state index in [4.69, 9.17) is 0 Å². The highest BCUT2D eigenvalue weighted by atomic mass is 19.1. The van der Waals surface area contributed by atoms with Crippen LogP contribution in [0.3, 0.4) is 0 Å². The number of rotatable bonds is 6. The molecule has 1 aromatic rings. The molecular formula is C16H22FN3O2. The molecule has 2 N–H and O–H groups in total. The van der Waals surface area contributed by atoms with Crippen molar-refractivity contribution in [3.8, 4) is 0 Å². The van der Waals surface area contributed by atoms with Crippen LogP contribution in [0.4, 0.5) is 9.18 Å². The first kappa shape index (κ1) is 16.3. The van der Waals surface area contributed by atoms with E-state index in [0.29, 0.717) is 26.1 Å². The van der Waals surface area contributed by atoms with Crippen LogP contribution in [0.5, 0.6) is 0 Å². The van der Waals surface area contributed by atoms with Crippen molar-refractivity contribution >= 4 is 11.9 Å². The van der Waals surface area contributed by atoms with Crippen molar-refractivity contribution in [3.63, 3.8) is 0 Å². The highest BCUT2D eigenvalue weighted by molar-refractivity contribution is 5.78. The van der Waals surface area contributed by atoms with E-state index in [0.717, 1.165) is 5.56 Å². The zero-order valence-corrected chi connectivity index (χ0v) is 12.9. The Bertz CT molecular complexity index is 548. The molecule has 6 heteroatoms. The highest BCUT2D eigenvalue weighted by Gasteiger charge is 2.28. The Balaban J connectivity index is 2.07. The molecule has 1 atom stereocenters. The lowest BCUT2D eigenvalue weighted by molar-refractivity contribution is -0.124. The lowest BCUT2D eigenvalue weighted by Gasteiger charge is -2.27. The van der Waals surface area contributed by atoms with Gasteiger partial charge in [0, 0.05) is 25.6 Å². The fourth-order valence-electron chi connectivity index (χ4n) is 2.49. The lowest BCUT2D eigenvalue weighted by Crippen LogP contribution is -2.47. The number of amides is 3. The maximum absolute atomic E-state index is 13.3. The molecule has 1 heterocycles. The molecule has 1 fully saturated rings. The Hall–Kier alpha value is -2.11. The van der Waals surface area contributed by atoms with Crippen LogP contribution < -0.4 is 10.6 Å². The number of urea groups is 1. The van der Waals surface area contributed by atoms with E-state index in [1.54, 1.807) is 11.0 Å². The van der Waals surface area contributed by atoms with Gasteiger partial charge in [0.25, 0.3) is 0 Å². The minimum absolute atomic E-state index is 0.0520. The standard InChI is InChI=1S/C16H22FN3O2/c1-11(2)15(21)19-10-14(20-7-6-18-16(20)22)9-12-4-3-5-13(17)8-12/h3-5,8,11,14H,6-7,9-10H2,1-2H3,(H,18,22)(H,19,21)/t14-/m1/s1. The summed E-state index contributed by atoms with van der Waals surface area (Å²) in [6, 6.07) is 6.01. The third-order valence-corrected chi connectivity index (χ3v) is 3.73. The summed E-state index contributed by atoms with van der Waals surface area (Å²) >= 11 is 0. The van der Waals surface area contributed by atoms with Crippen LogP contribution in [-0.2, 0) is 11.2 Å². The van der Waals surface area contributed by atoms with Crippen LogP contribution in [0.2, 0.25) is 0 Å². The molecule has 1 aliphatic rings. The summed E-state index contributed by atoms with van der Waals surface area (Å²) in [5.41, 5.74) is 0.809. The van der Waals surface area contributed by atoms with Crippen LogP contribution in [0.25, 0.3) is 0 Å². The van der Waals surface area contributed by atoms with Gasteiger partial charge in [-0.3, -0.25) is 4.79 Å². The molecule has 0 spiro atoms. The monoisotopic (exact) mass is 307 g/mol. The smallest absolute Gasteiger partial charge is 0.317 e. The molecule has 120 valence electrons. The number of benzene rings is 1. The number of nitrogens with zero attached hydrogens (tertiary/aromatic N) is 1. The van der Waals surface area contributed by atoms with Gasteiger partial charge in [0.1, 0.15) is 5.82 Å². The van der Waals surface area contributed by atoms with Crippen LogP contribution in [0, 0.1) is 11.7 Å². The minimum Gasteiger partial charge on any atom is -0.354 e. The Morgan fingerprint density at radius 1 is 1.45 bits per heavy atom. The van der Waals surface area contributed by atoms with Crippen molar-refractivity contribution in [3.05, 3.63) is 35.6 Å². The van der Waals surface area contributed by atoms with Crippen LogP contribution in [0.1, 0.15) is 19.4 Å². The molecule has 0 unspecified atom stereocenters. The van der Waals surface area contributed by atoms with Crippen molar-refractivity contribution in [2.45, 2.75) is 26.3 Å². The summed E-state index contributed by atoms with van der Waals surface area (Å²) in [7, 11) is 0. The van der Waals surface area contributed by atoms with E-state index >= 15 is 0 Å². The molecule has 0 aromatic heterocycles. The van der Waals surface area contributed by atoms with E-state index < -0.39 is 0 Å². The van der Waals surface area contributed by atoms with E-state index in [-0.39, 0.29) is 29.7 Å². The van der Waals surface area contributed by atoms with E-state index in [2.05, 4.69) is 10.6 Å². The average Bonchev–Trinajstić information content (AvgIpc) is 2.89. The summed E-state index contributed by atoms with van der Waals surface area (Å²) in [4.78, 5) is 25.3. The second-order valence-corrected chi connectivity index (χ2v) is 5.81. The summed E-state index contributed by atoms with van der Waals surface area (Å²) in [5.74, 6) is -0.459. The van der Waals surface area contributed by atoms with Crippen molar-refractivity contribution in [2.75, 3.05) is 19.6 Å².